The second kappa shape index (κ2) is 6.31. The first kappa shape index (κ1) is 13.5. The van der Waals surface area contributed by atoms with E-state index in [0.717, 1.165) is 26.1 Å². The minimum absolute atomic E-state index is 0.151. The summed E-state index contributed by atoms with van der Waals surface area (Å²) < 4.78 is 4.67. The summed E-state index contributed by atoms with van der Waals surface area (Å²) >= 11 is 1.79. The van der Waals surface area contributed by atoms with Gasteiger partial charge in [0.15, 0.2) is 0 Å². The molecular formula is C13H20N2O2S. The molecule has 1 aliphatic heterocycles. The van der Waals surface area contributed by atoms with Crippen LogP contribution >= 0.6 is 11.3 Å². The van der Waals surface area contributed by atoms with E-state index < -0.39 is 0 Å². The molecule has 1 fully saturated rings. The van der Waals surface area contributed by atoms with Gasteiger partial charge in [-0.05, 0) is 17.9 Å². The van der Waals surface area contributed by atoms with Crippen LogP contribution in [0.15, 0.2) is 17.5 Å². The number of ether oxygens (including phenoxy) is 1. The number of methoxy groups -OCH3 is 1. The number of carbonyl (C=O) groups is 1. The molecule has 2 atom stereocenters. The lowest BCUT2D eigenvalue weighted by Crippen LogP contribution is -2.46. The van der Waals surface area contributed by atoms with Gasteiger partial charge in [0.25, 0.3) is 0 Å². The number of carbonyl (C=O) groups excluding carboxylic acids is 1. The fourth-order valence-corrected chi connectivity index (χ4v) is 3.33. The maximum Gasteiger partial charge on any atom is 0.306 e. The molecule has 18 heavy (non-hydrogen) atoms. The molecule has 5 heteroatoms. The zero-order chi connectivity index (χ0) is 13.0. The fraction of sp³-hybridized carbons (Fsp3) is 0.615. The number of likely N-dealkylation sites (tertiary alicyclic amines) is 1. The molecule has 4 nitrogen and oxygen atoms in total. The van der Waals surface area contributed by atoms with E-state index in [9.17, 15) is 4.79 Å². The lowest BCUT2D eigenvalue weighted by Gasteiger charge is -2.35. The van der Waals surface area contributed by atoms with E-state index in [2.05, 4.69) is 27.1 Å². The predicted molar refractivity (Wildman–Crippen MR) is 72.7 cm³/mol. The number of hydrogen-bond donors (Lipinski definition) is 1. The third kappa shape index (κ3) is 3.54. The summed E-state index contributed by atoms with van der Waals surface area (Å²) in [6.45, 7) is 2.60. The van der Waals surface area contributed by atoms with E-state index in [1.54, 1.807) is 11.3 Å². The minimum atomic E-state index is -0.151. The van der Waals surface area contributed by atoms with Crippen LogP contribution in [0.4, 0.5) is 0 Å². The van der Waals surface area contributed by atoms with Crippen molar-refractivity contribution in [3.8, 4) is 0 Å². The van der Waals surface area contributed by atoms with E-state index in [-0.39, 0.29) is 12.0 Å². The zero-order valence-corrected chi connectivity index (χ0v) is 11.5. The van der Waals surface area contributed by atoms with Crippen molar-refractivity contribution < 1.29 is 9.53 Å². The van der Waals surface area contributed by atoms with Crippen molar-refractivity contribution in [1.82, 2.24) is 4.90 Å². The molecule has 0 bridgehead atoms. The highest BCUT2D eigenvalue weighted by molar-refractivity contribution is 7.10. The quantitative estimate of drug-likeness (QED) is 0.839. The molecule has 2 heterocycles. The molecule has 0 aromatic carbocycles. The van der Waals surface area contributed by atoms with Gasteiger partial charge in [-0.2, -0.15) is 0 Å². The van der Waals surface area contributed by atoms with Crippen LogP contribution in [0.5, 0.6) is 0 Å². The molecule has 100 valence electrons. The Labute approximate surface area is 112 Å². The SMILES string of the molecule is COC(=O)CCN1CC(N)CC(c2cccs2)C1. The predicted octanol–water partition coefficient (Wildman–Crippen LogP) is 1.43. The Bertz CT molecular complexity index is 380. The van der Waals surface area contributed by atoms with Gasteiger partial charge in [0.05, 0.1) is 13.5 Å². The van der Waals surface area contributed by atoms with Gasteiger partial charge in [-0.15, -0.1) is 11.3 Å². The van der Waals surface area contributed by atoms with Crippen LogP contribution in [0, 0.1) is 0 Å². The number of thiophene rings is 1. The number of piperidine rings is 1. The lowest BCUT2D eigenvalue weighted by atomic mass is 9.93. The highest BCUT2D eigenvalue weighted by atomic mass is 32.1. The second-order valence-electron chi connectivity index (χ2n) is 4.79. The first-order valence-corrected chi connectivity index (χ1v) is 7.15. The van der Waals surface area contributed by atoms with Crippen LogP contribution in [0.2, 0.25) is 0 Å². The number of hydrogen-bond acceptors (Lipinski definition) is 5. The molecule has 2 unspecified atom stereocenters. The highest BCUT2D eigenvalue weighted by Crippen LogP contribution is 2.29. The van der Waals surface area contributed by atoms with Crippen LogP contribution in [-0.2, 0) is 9.53 Å². The Morgan fingerprint density at radius 1 is 1.61 bits per heavy atom. The molecule has 1 aliphatic rings. The van der Waals surface area contributed by atoms with Gasteiger partial charge in [-0.25, -0.2) is 0 Å². The Hall–Kier alpha value is -0.910. The van der Waals surface area contributed by atoms with Crippen molar-refractivity contribution in [2.24, 2.45) is 5.73 Å². The molecule has 1 aromatic rings. The molecular weight excluding hydrogens is 248 g/mol. The Balaban J connectivity index is 1.90. The normalized spacial score (nSPS) is 25.0. The van der Waals surface area contributed by atoms with Gasteiger partial charge in [0.1, 0.15) is 0 Å². The number of nitrogens with two attached hydrogens (primary N) is 1. The Kier molecular flexibility index (Phi) is 4.74. The summed E-state index contributed by atoms with van der Waals surface area (Å²) in [7, 11) is 1.43. The van der Waals surface area contributed by atoms with E-state index >= 15 is 0 Å². The first-order chi connectivity index (χ1) is 8.69. The van der Waals surface area contributed by atoms with E-state index in [1.807, 2.05) is 0 Å². The molecule has 0 saturated carbocycles. The molecule has 2 N–H and O–H groups in total. The first-order valence-electron chi connectivity index (χ1n) is 6.27. The highest BCUT2D eigenvalue weighted by Gasteiger charge is 2.26. The average Bonchev–Trinajstić information content (AvgIpc) is 2.89. The molecule has 1 aromatic heterocycles. The van der Waals surface area contributed by atoms with Gasteiger partial charge in [0, 0.05) is 36.5 Å². The van der Waals surface area contributed by atoms with Crippen LogP contribution in [0.1, 0.15) is 23.6 Å². The monoisotopic (exact) mass is 268 g/mol. The Morgan fingerprint density at radius 3 is 3.11 bits per heavy atom. The fourth-order valence-electron chi connectivity index (χ4n) is 2.50. The average molecular weight is 268 g/mol. The third-order valence-electron chi connectivity index (χ3n) is 3.36. The molecule has 2 rings (SSSR count). The van der Waals surface area contributed by atoms with Gasteiger partial charge in [0.2, 0.25) is 0 Å². The maximum atomic E-state index is 11.2. The van der Waals surface area contributed by atoms with Crippen molar-refractivity contribution in [2.75, 3.05) is 26.7 Å². The molecule has 1 saturated heterocycles. The standard InChI is InChI=1S/C13H20N2O2S/c1-17-13(16)4-5-15-8-10(7-11(14)9-15)12-3-2-6-18-12/h2-3,6,10-11H,4-5,7-9,14H2,1H3. The van der Waals surface area contributed by atoms with Crippen LogP contribution in [-0.4, -0.2) is 43.7 Å². The topological polar surface area (TPSA) is 55.6 Å². The minimum Gasteiger partial charge on any atom is -0.469 e. The summed E-state index contributed by atoms with van der Waals surface area (Å²) in [4.78, 5) is 14.8. The summed E-state index contributed by atoms with van der Waals surface area (Å²) in [6.07, 6.45) is 1.48. The zero-order valence-electron chi connectivity index (χ0n) is 10.7. The van der Waals surface area contributed by atoms with Crippen molar-refractivity contribution in [3.63, 3.8) is 0 Å². The van der Waals surface area contributed by atoms with Gasteiger partial charge >= 0.3 is 5.97 Å². The van der Waals surface area contributed by atoms with Gasteiger partial charge in [-0.3, -0.25) is 4.79 Å². The van der Waals surface area contributed by atoms with E-state index in [0.29, 0.717) is 12.3 Å². The van der Waals surface area contributed by atoms with Crippen LogP contribution in [0.3, 0.4) is 0 Å². The number of nitrogens with zero attached hydrogens (tertiary/aromatic N) is 1. The van der Waals surface area contributed by atoms with Crippen molar-refractivity contribution in [3.05, 3.63) is 22.4 Å². The van der Waals surface area contributed by atoms with Gasteiger partial charge in [-0.1, -0.05) is 6.07 Å². The molecule has 0 spiro atoms. The third-order valence-corrected chi connectivity index (χ3v) is 4.40. The van der Waals surface area contributed by atoms with E-state index in [1.165, 1.54) is 12.0 Å². The van der Waals surface area contributed by atoms with Crippen LogP contribution in [0.25, 0.3) is 0 Å². The lowest BCUT2D eigenvalue weighted by molar-refractivity contribution is -0.141. The maximum absolute atomic E-state index is 11.2. The summed E-state index contributed by atoms with van der Waals surface area (Å²) in [5.74, 6) is 0.355. The summed E-state index contributed by atoms with van der Waals surface area (Å²) in [6, 6.07) is 4.45. The molecule has 0 aliphatic carbocycles. The van der Waals surface area contributed by atoms with Crippen molar-refractivity contribution in [2.45, 2.75) is 24.8 Å². The van der Waals surface area contributed by atoms with Crippen LogP contribution < -0.4 is 5.73 Å². The summed E-state index contributed by atoms with van der Waals surface area (Å²) in [5, 5.41) is 2.11. The molecule has 0 amide bonds. The van der Waals surface area contributed by atoms with E-state index in [4.69, 9.17) is 5.73 Å². The smallest absolute Gasteiger partial charge is 0.306 e. The summed E-state index contributed by atoms with van der Waals surface area (Å²) in [5.41, 5.74) is 6.11. The second-order valence-corrected chi connectivity index (χ2v) is 5.77. The van der Waals surface area contributed by atoms with Crippen molar-refractivity contribution in [1.29, 1.82) is 0 Å². The number of esters is 1. The number of rotatable bonds is 4. The van der Waals surface area contributed by atoms with Gasteiger partial charge < -0.3 is 15.4 Å². The molecule has 0 radical (unpaired) electrons. The Morgan fingerprint density at radius 2 is 2.44 bits per heavy atom. The largest absolute Gasteiger partial charge is 0.469 e. The van der Waals surface area contributed by atoms with Crippen molar-refractivity contribution >= 4 is 17.3 Å².